The van der Waals surface area contributed by atoms with E-state index >= 15 is 0 Å². The number of carbonyl (C=O) groups is 1. The summed E-state index contributed by atoms with van der Waals surface area (Å²) in [5, 5.41) is 12.3. The predicted molar refractivity (Wildman–Crippen MR) is 82.6 cm³/mol. The highest BCUT2D eigenvalue weighted by Gasteiger charge is 2.30. The maximum absolute atomic E-state index is 11.8. The van der Waals surface area contributed by atoms with Crippen molar-refractivity contribution in [2.24, 2.45) is 0 Å². The molecule has 1 aliphatic carbocycles. The largest absolute Gasteiger partial charge is 0.385 e. The van der Waals surface area contributed by atoms with Crippen molar-refractivity contribution in [3.05, 3.63) is 5.82 Å². The van der Waals surface area contributed by atoms with Crippen molar-refractivity contribution in [1.82, 2.24) is 20.1 Å². The van der Waals surface area contributed by atoms with Gasteiger partial charge in [-0.1, -0.05) is 25.6 Å². The van der Waals surface area contributed by atoms with E-state index in [2.05, 4.69) is 33.9 Å². The van der Waals surface area contributed by atoms with Crippen LogP contribution in [-0.4, -0.2) is 46.7 Å². The molecule has 1 aromatic heterocycles. The van der Waals surface area contributed by atoms with Crippen molar-refractivity contribution in [2.45, 2.75) is 50.2 Å². The van der Waals surface area contributed by atoms with Crippen molar-refractivity contribution >= 4 is 17.7 Å². The average Bonchev–Trinajstić information content (AvgIpc) is 3.20. The Kier molecular flexibility index (Phi) is 6.05. The van der Waals surface area contributed by atoms with Crippen molar-refractivity contribution in [1.29, 1.82) is 0 Å². The molecule has 2 rings (SSSR count). The third-order valence-electron chi connectivity index (χ3n) is 3.30. The SMILES string of the molecule is COCCCNC(=O)CSc1nnc(C(C)C)n1C1CC1. The Hall–Kier alpha value is -1.08. The lowest BCUT2D eigenvalue weighted by Crippen LogP contribution is -2.27. The molecule has 1 aromatic rings. The van der Waals surface area contributed by atoms with E-state index in [1.54, 1.807) is 7.11 Å². The van der Waals surface area contributed by atoms with E-state index in [1.807, 2.05) is 0 Å². The molecule has 1 aliphatic rings. The van der Waals surface area contributed by atoms with E-state index in [4.69, 9.17) is 4.74 Å². The lowest BCUT2D eigenvalue weighted by atomic mass is 10.2. The van der Waals surface area contributed by atoms with Gasteiger partial charge >= 0.3 is 0 Å². The van der Waals surface area contributed by atoms with Crippen LogP contribution in [0.3, 0.4) is 0 Å². The maximum atomic E-state index is 11.8. The zero-order valence-corrected chi connectivity index (χ0v) is 13.8. The van der Waals surface area contributed by atoms with Crippen LogP contribution >= 0.6 is 11.8 Å². The van der Waals surface area contributed by atoms with E-state index in [1.165, 1.54) is 24.6 Å². The van der Waals surface area contributed by atoms with E-state index in [-0.39, 0.29) is 5.91 Å². The fraction of sp³-hybridized carbons (Fsp3) is 0.786. The van der Waals surface area contributed by atoms with Gasteiger partial charge in [-0.25, -0.2) is 0 Å². The summed E-state index contributed by atoms with van der Waals surface area (Å²) in [6.07, 6.45) is 3.21. The summed E-state index contributed by atoms with van der Waals surface area (Å²) < 4.78 is 7.16. The van der Waals surface area contributed by atoms with Crippen LogP contribution in [0.2, 0.25) is 0 Å². The first kappa shape index (κ1) is 16.3. The minimum absolute atomic E-state index is 0.0348. The van der Waals surface area contributed by atoms with Gasteiger partial charge in [0.1, 0.15) is 5.82 Å². The number of aromatic nitrogens is 3. The molecule has 0 spiro atoms. The van der Waals surface area contributed by atoms with Gasteiger partial charge < -0.3 is 14.6 Å². The van der Waals surface area contributed by atoms with E-state index in [0.717, 1.165) is 17.4 Å². The standard InChI is InChI=1S/C14H24N4O2S/c1-10(2)13-16-17-14(18(13)11-5-6-11)21-9-12(19)15-7-4-8-20-3/h10-11H,4-9H2,1-3H3,(H,15,19). The minimum atomic E-state index is 0.0348. The molecule has 1 amide bonds. The van der Waals surface area contributed by atoms with Gasteiger partial charge in [0, 0.05) is 32.2 Å². The van der Waals surface area contributed by atoms with Gasteiger partial charge in [0.2, 0.25) is 5.91 Å². The van der Waals surface area contributed by atoms with Gasteiger partial charge in [0.05, 0.1) is 5.75 Å². The topological polar surface area (TPSA) is 69.0 Å². The molecule has 0 radical (unpaired) electrons. The lowest BCUT2D eigenvalue weighted by Gasteiger charge is -2.10. The smallest absolute Gasteiger partial charge is 0.230 e. The van der Waals surface area contributed by atoms with Crippen LogP contribution in [0.5, 0.6) is 0 Å². The zero-order valence-electron chi connectivity index (χ0n) is 13.0. The molecular weight excluding hydrogens is 288 g/mol. The number of amides is 1. The molecule has 118 valence electrons. The number of rotatable bonds is 9. The van der Waals surface area contributed by atoms with Crippen LogP contribution in [0.4, 0.5) is 0 Å². The molecule has 7 heteroatoms. The highest BCUT2D eigenvalue weighted by Crippen LogP contribution is 2.39. The second-order valence-electron chi connectivity index (χ2n) is 5.58. The molecule has 1 N–H and O–H groups in total. The molecule has 1 saturated carbocycles. The van der Waals surface area contributed by atoms with Gasteiger partial charge in [-0.05, 0) is 19.3 Å². The van der Waals surface area contributed by atoms with Crippen LogP contribution in [0.1, 0.15) is 50.9 Å². The van der Waals surface area contributed by atoms with Crippen molar-refractivity contribution in [3.63, 3.8) is 0 Å². The third-order valence-corrected chi connectivity index (χ3v) is 4.24. The summed E-state index contributed by atoms with van der Waals surface area (Å²) >= 11 is 1.47. The number of nitrogens with zero attached hydrogens (tertiary/aromatic N) is 3. The Bertz CT molecular complexity index is 472. The molecular formula is C14H24N4O2S. The van der Waals surface area contributed by atoms with Gasteiger partial charge in [0.15, 0.2) is 5.16 Å². The van der Waals surface area contributed by atoms with Crippen LogP contribution in [0.15, 0.2) is 5.16 Å². The van der Waals surface area contributed by atoms with Gasteiger partial charge in [0.25, 0.3) is 0 Å². The second-order valence-corrected chi connectivity index (χ2v) is 6.52. The lowest BCUT2D eigenvalue weighted by molar-refractivity contribution is -0.118. The highest BCUT2D eigenvalue weighted by atomic mass is 32.2. The molecule has 0 unspecified atom stereocenters. The van der Waals surface area contributed by atoms with Crippen molar-refractivity contribution < 1.29 is 9.53 Å². The Morgan fingerprint density at radius 3 is 2.86 bits per heavy atom. The number of carbonyl (C=O) groups excluding carboxylic acids is 1. The molecule has 0 bridgehead atoms. The van der Waals surface area contributed by atoms with E-state index < -0.39 is 0 Å². The van der Waals surface area contributed by atoms with Crippen LogP contribution in [0.25, 0.3) is 0 Å². The summed E-state index contributed by atoms with van der Waals surface area (Å²) in [5.74, 6) is 1.80. The Balaban J connectivity index is 1.84. The number of ether oxygens (including phenoxy) is 1. The predicted octanol–water partition coefficient (Wildman–Crippen LogP) is 1.98. The van der Waals surface area contributed by atoms with Crippen molar-refractivity contribution in [3.8, 4) is 0 Å². The first-order valence-corrected chi connectivity index (χ1v) is 8.45. The number of hydrogen-bond donors (Lipinski definition) is 1. The van der Waals surface area contributed by atoms with Gasteiger partial charge in [-0.3, -0.25) is 4.79 Å². The minimum Gasteiger partial charge on any atom is -0.385 e. The Morgan fingerprint density at radius 2 is 2.24 bits per heavy atom. The van der Waals surface area contributed by atoms with Crippen molar-refractivity contribution in [2.75, 3.05) is 26.0 Å². The first-order chi connectivity index (χ1) is 10.1. The summed E-state index contributed by atoms with van der Waals surface area (Å²) in [4.78, 5) is 11.8. The highest BCUT2D eigenvalue weighted by molar-refractivity contribution is 7.99. The second kappa shape index (κ2) is 7.79. The van der Waals surface area contributed by atoms with E-state index in [0.29, 0.717) is 30.9 Å². The average molecular weight is 312 g/mol. The molecule has 0 saturated heterocycles. The normalized spacial score (nSPS) is 14.7. The van der Waals surface area contributed by atoms with Crippen LogP contribution in [-0.2, 0) is 9.53 Å². The number of methoxy groups -OCH3 is 1. The Labute approximate surface area is 130 Å². The molecule has 0 aliphatic heterocycles. The summed E-state index contributed by atoms with van der Waals surface area (Å²) in [7, 11) is 1.66. The molecule has 1 heterocycles. The fourth-order valence-electron chi connectivity index (χ4n) is 2.08. The van der Waals surface area contributed by atoms with Crippen LogP contribution in [0, 0.1) is 0 Å². The molecule has 21 heavy (non-hydrogen) atoms. The fourth-order valence-corrected chi connectivity index (χ4v) is 2.92. The quantitative estimate of drug-likeness (QED) is 0.558. The van der Waals surface area contributed by atoms with Gasteiger partial charge in [-0.2, -0.15) is 0 Å². The first-order valence-electron chi connectivity index (χ1n) is 7.46. The third kappa shape index (κ3) is 4.71. The summed E-state index contributed by atoms with van der Waals surface area (Å²) in [6.45, 7) is 5.57. The molecule has 1 fully saturated rings. The molecule has 6 nitrogen and oxygen atoms in total. The summed E-state index contributed by atoms with van der Waals surface area (Å²) in [6, 6.07) is 0.532. The van der Waals surface area contributed by atoms with Gasteiger partial charge in [-0.15, -0.1) is 10.2 Å². The molecule has 0 aromatic carbocycles. The summed E-state index contributed by atoms with van der Waals surface area (Å²) in [5.41, 5.74) is 0. The van der Waals surface area contributed by atoms with E-state index in [9.17, 15) is 4.79 Å². The number of nitrogens with one attached hydrogen (secondary N) is 1. The maximum Gasteiger partial charge on any atom is 0.230 e. The molecule has 0 atom stereocenters. The Morgan fingerprint density at radius 1 is 1.48 bits per heavy atom. The van der Waals surface area contributed by atoms with Crippen LogP contribution < -0.4 is 5.32 Å². The number of thioether (sulfide) groups is 1. The monoisotopic (exact) mass is 312 g/mol. The zero-order chi connectivity index (χ0) is 15.2. The number of hydrogen-bond acceptors (Lipinski definition) is 5.